The molecule has 196 valence electrons. The molecule has 0 amide bonds. The summed E-state index contributed by atoms with van der Waals surface area (Å²) in [4.78, 5) is 0. The quantitative estimate of drug-likeness (QED) is 0.387. The van der Waals surface area contributed by atoms with E-state index in [1.54, 1.807) is 16.7 Å². The number of benzene rings is 2. The van der Waals surface area contributed by atoms with E-state index < -0.39 is 0 Å². The van der Waals surface area contributed by atoms with E-state index in [0.717, 1.165) is 6.42 Å². The monoisotopic (exact) mass is 500 g/mol. The standard InChI is InChI=1S/C38H44/c1-35(2,3)26-15-17-28-29-18-16-27(36(4,5)6)22-31(29)34(30(28)21-26)38(9)23-37(7,8)32-19-25(20-33(32)38)24-13-11-10-12-14-24/h10-19,21-22,30H,20,23H2,1-9H3. The van der Waals surface area contributed by atoms with Gasteiger partial charge in [0.2, 0.25) is 0 Å². The van der Waals surface area contributed by atoms with Gasteiger partial charge >= 0.3 is 0 Å². The third kappa shape index (κ3) is 3.78. The van der Waals surface area contributed by atoms with Crippen molar-refractivity contribution >= 4 is 16.7 Å². The van der Waals surface area contributed by atoms with E-state index in [0.29, 0.717) is 5.92 Å². The molecule has 2 atom stereocenters. The molecule has 2 unspecified atom stereocenters. The predicted octanol–water partition coefficient (Wildman–Crippen LogP) is 8.68. The first kappa shape index (κ1) is 25.4. The molecule has 2 aromatic carbocycles. The zero-order valence-corrected chi connectivity index (χ0v) is 24.9. The van der Waals surface area contributed by atoms with Crippen molar-refractivity contribution in [3.05, 3.63) is 111 Å². The number of hydrogen-bond acceptors (Lipinski definition) is 0. The SMILES string of the molecule is CC(C)(C)C1=CC2C(=c3ccc(C(C)(C)C)cc3=C2C2(C)CC(C)(C)C3=C2CC(c2ccccc2)=C3)C=C1. The molecule has 38 heavy (non-hydrogen) atoms. The summed E-state index contributed by atoms with van der Waals surface area (Å²) >= 11 is 0. The second kappa shape index (κ2) is 8.08. The van der Waals surface area contributed by atoms with Crippen LogP contribution in [0.25, 0.3) is 16.7 Å². The molecular weight excluding hydrogens is 456 g/mol. The van der Waals surface area contributed by atoms with Crippen LogP contribution in [0.15, 0.2) is 89.6 Å². The molecule has 0 bridgehead atoms. The highest BCUT2D eigenvalue weighted by atomic mass is 14.6. The van der Waals surface area contributed by atoms with Gasteiger partial charge in [0.15, 0.2) is 0 Å². The van der Waals surface area contributed by atoms with Gasteiger partial charge in [-0.05, 0) is 78.5 Å². The molecule has 0 saturated heterocycles. The second-order valence-corrected chi connectivity index (χ2v) is 15.1. The van der Waals surface area contributed by atoms with Gasteiger partial charge in [0.25, 0.3) is 0 Å². The minimum absolute atomic E-state index is 0.0220. The fourth-order valence-electron chi connectivity index (χ4n) is 7.77. The average molecular weight is 501 g/mol. The lowest BCUT2D eigenvalue weighted by Crippen LogP contribution is -2.33. The first-order chi connectivity index (χ1) is 17.7. The Balaban J connectivity index is 1.59. The van der Waals surface area contributed by atoms with Crippen molar-refractivity contribution in [3.63, 3.8) is 0 Å². The number of rotatable bonds is 2. The fourth-order valence-corrected chi connectivity index (χ4v) is 7.77. The van der Waals surface area contributed by atoms with Crippen LogP contribution in [0.3, 0.4) is 0 Å². The zero-order chi connectivity index (χ0) is 27.3. The summed E-state index contributed by atoms with van der Waals surface area (Å²) < 4.78 is 0. The first-order valence-electron chi connectivity index (χ1n) is 14.5. The van der Waals surface area contributed by atoms with Gasteiger partial charge in [-0.25, -0.2) is 0 Å². The maximum absolute atomic E-state index is 2.61. The van der Waals surface area contributed by atoms with Crippen LogP contribution in [0.1, 0.15) is 86.3 Å². The highest BCUT2D eigenvalue weighted by Crippen LogP contribution is 2.64. The van der Waals surface area contributed by atoms with Crippen molar-refractivity contribution in [1.82, 2.24) is 0 Å². The molecule has 2 aromatic rings. The Hall–Kier alpha value is -2.86. The van der Waals surface area contributed by atoms with Gasteiger partial charge in [-0.15, -0.1) is 0 Å². The number of hydrogen-bond donors (Lipinski definition) is 0. The van der Waals surface area contributed by atoms with Crippen LogP contribution in [0.4, 0.5) is 0 Å². The van der Waals surface area contributed by atoms with Crippen molar-refractivity contribution in [2.75, 3.05) is 0 Å². The van der Waals surface area contributed by atoms with Crippen LogP contribution in [0.5, 0.6) is 0 Å². The summed E-state index contributed by atoms with van der Waals surface area (Å²) in [5, 5.41) is 2.94. The van der Waals surface area contributed by atoms with Crippen molar-refractivity contribution in [2.45, 2.75) is 80.6 Å². The van der Waals surface area contributed by atoms with Gasteiger partial charge in [-0.3, -0.25) is 0 Å². The number of fused-ring (bicyclic) bond motifs is 2. The minimum Gasteiger partial charge on any atom is -0.0691 e. The maximum atomic E-state index is 2.61. The van der Waals surface area contributed by atoms with E-state index >= 15 is 0 Å². The third-order valence-corrected chi connectivity index (χ3v) is 9.73. The van der Waals surface area contributed by atoms with E-state index in [-0.39, 0.29) is 21.7 Å². The Bertz CT molecular complexity index is 1580. The summed E-state index contributed by atoms with van der Waals surface area (Å²) in [7, 11) is 0. The third-order valence-electron chi connectivity index (χ3n) is 9.73. The number of allylic oxidation sites excluding steroid dienone is 8. The lowest BCUT2D eigenvalue weighted by Gasteiger charge is -2.38. The van der Waals surface area contributed by atoms with Gasteiger partial charge in [-0.1, -0.05) is 141 Å². The molecular formula is C38H44. The Morgan fingerprint density at radius 2 is 1.50 bits per heavy atom. The van der Waals surface area contributed by atoms with E-state index in [4.69, 9.17) is 0 Å². The van der Waals surface area contributed by atoms with E-state index in [2.05, 4.69) is 135 Å². The van der Waals surface area contributed by atoms with Crippen molar-refractivity contribution < 1.29 is 0 Å². The summed E-state index contributed by atoms with van der Waals surface area (Å²) in [6, 6.07) is 18.4. The average Bonchev–Trinajstić information content (AvgIpc) is 3.48. The van der Waals surface area contributed by atoms with E-state index in [9.17, 15) is 0 Å². The summed E-state index contributed by atoms with van der Waals surface area (Å²) in [6.45, 7) is 21.6. The second-order valence-electron chi connectivity index (χ2n) is 15.1. The highest BCUT2D eigenvalue weighted by Gasteiger charge is 2.52. The summed E-state index contributed by atoms with van der Waals surface area (Å²) in [5.41, 5.74) is 12.5. The molecule has 0 heteroatoms. The molecule has 0 N–H and O–H groups in total. The Kier molecular flexibility index (Phi) is 5.40. The lowest BCUT2D eigenvalue weighted by molar-refractivity contribution is 0.349. The Morgan fingerprint density at radius 1 is 0.789 bits per heavy atom. The van der Waals surface area contributed by atoms with E-state index in [1.165, 1.54) is 44.7 Å². The largest absolute Gasteiger partial charge is 0.0691 e. The van der Waals surface area contributed by atoms with Crippen molar-refractivity contribution in [2.24, 2.45) is 22.2 Å². The molecule has 0 nitrogen and oxygen atoms in total. The Labute approximate surface area is 230 Å². The fraction of sp³-hybridized carbons (Fsp3) is 0.421. The summed E-state index contributed by atoms with van der Waals surface area (Å²) in [6.07, 6.45) is 12.2. The van der Waals surface area contributed by atoms with Crippen LogP contribution < -0.4 is 10.4 Å². The zero-order valence-electron chi connectivity index (χ0n) is 24.9. The molecule has 0 radical (unpaired) electrons. The molecule has 0 spiro atoms. The van der Waals surface area contributed by atoms with Gasteiger partial charge in [0, 0.05) is 11.3 Å². The highest BCUT2D eigenvalue weighted by molar-refractivity contribution is 5.87. The molecule has 0 saturated carbocycles. The predicted molar refractivity (Wildman–Crippen MR) is 164 cm³/mol. The van der Waals surface area contributed by atoms with Crippen LogP contribution >= 0.6 is 0 Å². The summed E-state index contributed by atoms with van der Waals surface area (Å²) in [5.74, 6) is 0.341. The van der Waals surface area contributed by atoms with Crippen LogP contribution in [0, 0.1) is 22.2 Å². The molecule has 4 aliphatic rings. The Morgan fingerprint density at radius 3 is 2.16 bits per heavy atom. The topological polar surface area (TPSA) is 0 Å². The van der Waals surface area contributed by atoms with Crippen LogP contribution in [0.2, 0.25) is 0 Å². The van der Waals surface area contributed by atoms with Crippen LogP contribution in [-0.4, -0.2) is 0 Å². The molecule has 0 aliphatic heterocycles. The molecule has 0 fully saturated rings. The maximum Gasteiger partial charge on any atom is 0.0258 e. The van der Waals surface area contributed by atoms with Crippen molar-refractivity contribution in [3.8, 4) is 0 Å². The molecule has 4 aliphatic carbocycles. The van der Waals surface area contributed by atoms with E-state index in [1.807, 2.05) is 0 Å². The minimum atomic E-state index is 0.0220. The smallest absolute Gasteiger partial charge is 0.0258 e. The molecule has 6 rings (SSSR count). The normalized spacial score (nSPS) is 25.9. The van der Waals surface area contributed by atoms with Gasteiger partial charge in [-0.2, -0.15) is 0 Å². The van der Waals surface area contributed by atoms with Gasteiger partial charge < -0.3 is 0 Å². The molecule has 0 aromatic heterocycles. The van der Waals surface area contributed by atoms with Crippen LogP contribution in [-0.2, 0) is 5.41 Å². The first-order valence-corrected chi connectivity index (χ1v) is 14.5. The van der Waals surface area contributed by atoms with Gasteiger partial charge in [0.05, 0.1) is 0 Å². The lowest BCUT2D eigenvalue weighted by atomic mass is 9.65. The van der Waals surface area contributed by atoms with Crippen molar-refractivity contribution in [1.29, 1.82) is 0 Å². The molecule has 0 heterocycles. The van der Waals surface area contributed by atoms with Gasteiger partial charge in [0.1, 0.15) is 0 Å².